The number of primary amides is 1. The lowest BCUT2D eigenvalue weighted by Crippen LogP contribution is -2.28. The first kappa shape index (κ1) is 20.1. The SMILES string of the molecule is NC(=O)NCc1ccc(C(=O)NCCC(c2ccccc2)c2ccccc2)cc1. The molecule has 0 fully saturated rings. The van der Waals surface area contributed by atoms with Crippen molar-refractivity contribution >= 4 is 11.9 Å². The van der Waals surface area contributed by atoms with Crippen LogP contribution in [0.15, 0.2) is 84.9 Å². The third-order valence-electron chi connectivity index (χ3n) is 4.81. The molecule has 0 radical (unpaired) electrons. The van der Waals surface area contributed by atoms with Crippen LogP contribution in [0, 0.1) is 0 Å². The molecule has 0 spiro atoms. The molecule has 0 aliphatic heterocycles. The number of carbonyl (C=O) groups excluding carboxylic acids is 2. The number of nitrogens with two attached hydrogens (primary N) is 1. The third-order valence-corrected chi connectivity index (χ3v) is 4.81. The highest BCUT2D eigenvalue weighted by Crippen LogP contribution is 2.27. The quantitative estimate of drug-likeness (QED) is 0.549. The second-order valence-electron chi connectivity index (χ2n) is 6.83. The number of carbonyl (C=O) groups is 2. The maximum absolute atomic E-state index is 12.5. The van der Waals surface area contributed by atoms with Gasteiger partial charge in [0.25, 0.3) is 5.91 Å². The van der Waals surface area contributed by atoms with Gasteiger partial charge in [-0.25, -0.2) is 4.79 Å². The number of nitrogens with one attached hydrogen (secondary N) is 2. The van der Waals surface area contributed by atoms with Crippen LogP contribution in [0.3, 0.4) is 0 Å². The van der Waals surface area contributed by atoms with Crippen molar-refractivity contribution in [2.24, 2.45) is 5.73 Å². The number of amides is 3. The van der Waals surface area contributed by atoms with Crippen LogP contribution in [0.4, 0.5) is 4.79 Å². The van der Waals surface area contributed by atoms with Gasteiger partial charge >= 0.3 is 6.03 Å². The van der Waals surface area contributed by atoms with E-state index in [0.29, 0.717) is 18.7 Å². The molecule has 148 valence electrons. The zero-order valence-electron chi connectivity index (χ0n) is 16.2. The van der Waals surface area contributed by atoms with Crippen LogP contribution in [-0.4, -0.2) is 18.5 Å². The Balaban J connectivity index is 1.59. The van der Waals surface area contributed by atoms with Crippen LogP contribution < -0.4 is 16.4 Å². The molecule has 3 amide bonds. The standard InChI is InChI=1S/C24H25N3O2/c25-24(29)27-17-18-11-13-21(14-12-18)23(28)26-16-15-22(19-7-3-1-4-8-19)20-9-5-2-6-10-20/h1-14,22H,15-17H2,(H,26,28)(H3,25,27,29). The lowest BCUT2D eigenvalue weighted by atomic mass is 9.88. The number of benzene rings is 3. The molecule has 0 heterocycles. The molecule has 29 heavy (non-hydrogen) atoms. The summed E-state index contributed by atoms with van der Waals surface area (Å²) in [7, 11) is 0. The molecule has 0 bridgehead atoms. The Morgan fingerprint density at radius 2 is 1.31 bits per heavy atom. The summed E-state index contributed by atoms with van der Waals surface area (Å²) >= 11 is 0. The highest BCUT2D eigenvalue weighted by atomic mass is 16.2. The first-order valence-electron chi connectivity index (χ1n) is 9.64. The van der Waals surface area contributed by atoms with Gasteiger partial charge in [0, 0.05) is 24.6 Å². The zero-order chi connectivity index (χ0) is 20.5. The summed E-state index contributed by atoms with van der Waals surface area (Å²) in [6.07, 6.45) is 0.806. The summed E-state index contributed by atoms with van der Waals surface area (Å²) in [5, 5.41) is 5.54. The van der Waals surface area contributed by atoms with Crippen LogP contribution in [0.25, 0.3) is 0 Å². The van der Waals surface area contributed by atoms with Crippen molar-refractivity contribution < 1.29 is 9.59 Å². The van der Waals surface area contributed by atoms with Gasteiger partial charge in [0.2, 0.25) is 0 Å². The second kappa shape index (κ2) is 10.1. The van der Waals surface area contributed by atoms with Crippen molar-refractivity contribution in [3.8, 4) is 0 Å². The lowest BCUT2D eigenvalue weighted by Gasteiger charge is -2.18. The van der Waals surface area contributed by atoms with Crippen LogP contribution >= 0.6 is 0 Å². The number of hydrogen-bond donors (Lipinski definition) is 3. The fourth-order valence-electron chi connectivity index (χ4n) is 3.29. The van der Waals surface area contributed by atoms with Crippen LogP contribution in [0.2, 0.25) is 0 Å². The van der Waals surface area contributed by atoms with Crippen molar-refractivity contribution in [1.82, 2.24) is 10.6 Å². The van der Waals surface area contributed by atoms with E-state index in [4.69, 9.17) is 5.73 Å². The molecule has 0 unspecified atom stereocenters. The Bertz CT molecular complexity index is 886. The molecule has 5 heteroatoms. The Morgan fingerprint density at radius 3 is 1.83 bits per heavy atom. The summed E-state index contributed by atoms with van der Waals surface area (Å²) in [6, 6.07) is 27.2. The van der Waals surface area contributed by atoms with Crippen LogP contribution in [0.5, 0.6) is 0 Å². The Labute approximate surface area is 170 Å². The van der Waals surface area contributed by atoms with Gasteiger partial charge in [-0.05, 0) is 35.2 Å². The van der Waals surface area contributed by atoms with Gasteiger partial charge in [-0.1, -0.05) is 72.8 Å². The van der Waals surface area contributed by atoms with Crippen LogP contribution in [-0.2, 0) is 6.54 Å². The van der Waals surface area contributed by atoms with Gasteiger partial charge < -0.3 is 16.4 Å². The molecule has 0 aliphatic rings. The molecular formula is C24H25N3O2. The molecule has 0 aliphatic carbocycles. The molecule has 3 aromatic carbocycles. The normalized spacial score (nSPS) is 10.5. The third kappa shape index (κ3) is 5.94. The van der Waals surface area contributed by atoms with Crippen molar-refractivity contribution in [2.75, 3.05) is 6.54 Å². The summed E-state index contributed by atoms with van der Waals surface area (Å²) in [5.74, 6) is 0.110. The van der Waals surface area contributed by atoms with Gasteiger partial charge in [0.05, 0.1) is 0 Å². The molecular weight excluding hydrogens is 362 g/mol. The van der Waals surface area contributed by atoms with E-state index in [1.165, 1.54) is 11.1 Å². The van der Waals surface area contributed by atoms with Crippen molar-refractivity contribution in [1.29, 1.82) is 0 Å². The topological polar surface area (TPSA) is 84.2 Å². The molecule has 3 aromatic rings. The van der Waals surface area contributed by atoms with Gasteiger partial charge in [-0.15, -0.1) is 0 Å². The minimum absolute atomic E-state index is 0.112. The molecule has 5 nitrogen and oxygen atoms in total. The summed E-state index contributed by atoms with van der Waals surface area (Å²) in [5.41, 5.74) is 9.01. The van der Waals surface area contributed by atoms with Gasteiger partial charge in [-0.3, -0.25) is 4.79 Å². The second-order valence-corrected chi connectivity index (χ2v) is 6.83. The molecule has 0 saturated carbocycles. The van der Waals surface area contributed by atoms with Crippen molar-refractivity contribution in [2.45, 2.75) is 18.9 Å². The predicted octanol–water partition coefficient (Wildman–Crippen LogP) is 3.81. The van der Waals surface area contributed by atoms with E-state index in [1.807, 2.05) is 48.5 Å². The highest BCUT2D eigenvalue weighted by Gasteiger charge is 2.14. The molecule has 0 atom stereocenters. The molecule has 3 rings (SSSR count). The van der Waals surface area contributed by atoms with E-state index in [-0.39, 0.29) is 11.8 Å². The van der Waals surface area contributed by atoms with E-state index in [9.17, 15) is 9.59 Å². The molecule has 0 saturated heterocycles. The van der Waals surface area contributed by atoms with E-state index in [2.05, 4.69) is 34.9 Å². The van der Waals surface area contributed by atoms with E-state index >= 15 is 0 Å². The maximum atomic E-state index is 12.5. The summed E-state index contributed by atoms with van der Waals surface area (Å²) in [4.78, 5) is 23.2. The summed E-state index contributed by atoms with van der Waals surface area (Å²) in [6.45, 7) is 0.908. The van der Waals surface area contributed by atoms with E-state index in [1.54, 1.807) is 12.1 Å². The fraction of sp³-hybridized carbons (Fsp3) is 0.167. The van der Waals surface area contributed by atoms with Crippen LogP contribution in [0.1, 0.15) is 39.4 Å². The average Bonchev–Trinajstić information content (AvgIpc) is 2.76. The Kier molecular flexibility index (Phi) is 7.00. The first-order valence-corrected chi connectivity index (χ1v) is 9.64. The largest absolute Gasteiger partial charge is 0.352 e. The smallest absolute Gasteiger partial charge is 0.312 e. The maximum Gasteiger partial charge on any atom is 0.312 e. The number of urea groups is 1. The van der Waals surface area contributed by atoms with E-state index in [0.717, 1.165) is 12.0 Å². The van der Waals surface area contributed by atoms with E-state index < -0.39 is 6.03 Å². The highest BCUT2D eigenvalue weighted by molar-refractivity contribution is 5.94. The Hall–Kier alpha value is -3.60. The zero-order valence-corrected chi connectivity index (χ0v) is 16.2. The first-order chi connectivity index (χ1) is 14.1. The van der Waals surface area contributed by atoms with Gasteiger partial charge in [0.1, 0.15) is 0 Å². The monoisotopic (exact) mass is 387 g/mol. The molecule has 4 N–H and O–H groups in total. The van der Waals surface area contributed by atoms with Crippen molar-refractivity contribution in [3.05, 3.63) is 107 Å². The number of hydrogen-bond acceptors (Lipinski definition) is 2. The summed E-state index contributed by atoms with van der Waals surface area (Å²) < 4.78 is 0. The Morgan fingerprint density at radius 1 is 0.759 bits per heavy atom. The van der Waals surface area contributed by atoms with Gasteiger partial charge in [-0.2, -0.15) is 0 Å². The predicted molar refractivity (Wildman–Crippen MR) is 115 cm³/mol. The minimum Gasteiger partial charge on any atom is -0.352 e. The fourth-order valence-corrected chi connectivity index (χ4v) is 3.29. The average molecular weight is 387 g/mol. The molecule has 0 aromatic heterocycles. The lowest BCUT2D eigenvalue weighted by molar-refractivity contribution is 0.0952. The van der Waals surface area contributed by atoms with Crippen molar-refractivity contribution in [3.63, 3.8) is 0 Å². The minimum atomic E-state index is -0.571. The van der Waals surface area contributed by atoms with Gasteiger partial charge in [0.15, 0.2) is 0 Å². The number of rotatable bonds is 8.